The summed E-state index contributed by atoms with van der Waals surface area (Å²) in [6.07, 6.45) is 0.823. The Morgan fingerprint density at radius 1 is 1.30 bits per heavy atom. The van der Waals surface area contributed by atoms with Gasteiger partial charge in [0.25, 0.3) is 0 Å². The Hall–Kier alpha value is -1.63. The minimum Gasteiger partial charge on any atom is -0.466 e. The number of ether oxygens (including phenoxy) is 2. The predicted molar refractivity (Wildman–Crippen MR) is 68.9 cm³/mol. The van der Waals surface area contributed by atoms with Crippen molar-refractivity contribution >= 4 is 18.0 Å². The molecule has 0 atom stereocenters. The van der Waals surface area contributed by atoms with Gasteiger partial charge in [-0.1, -0.05) is 0 Å². The third-order valence-corrected chi connectivity index (χ3v) is 3.63. The molecular weight excluding hydrogens is 264 g/mol. The maximum atomic E-state index is 11.9. The number of rotatable bonds is 4. The minimum absolute atomic E-state index is 0.0712. The van der Waals surface area contributed by atoms with E-state index in [2.05, 4.69) is 0 Å². The lowest BCUT2D eigenvalue weighted by molar-refractivity contribution is -0.149. The molecule has 0 radical (unpaired) electrons. The smallest absolute Gasteiger partial charge is 0.416 e. The van der Waals surface area contributed by atoms with Gasteiger partial charge in [-0.25, -0.2) is 9.69 Å². The summed E-state index contributed by atoms with van der Waals surface area (Å²) in [5.41, 5.74) is 0. The van der Waals surface area contributed by atoms with Crippen LogP contribution in [0.15, 0.2) is 0 Å². The van der Waals surface area contributed by atoms with Crippen molar-refractivity contribution in [1.82, 2.24) is 9.80 Å². The second-order valence-electron chi connectivity index (χ2n) is 4.96. The number of piperidine rings is 1. The molecule has 20 heavy (non-hydrogen) atoms. The quantitative estimate of drug-likeness (QED) is 0.688. The van der Waals surface area contributed by atoms with Gasteiger partial charge in [0.15, 0.2) is 0 Å². The largest absolute Gasteiger partial charge is 0.466 e. The van der Waals surface area contributed by atoms with Gasteiger partial charge in [0.1, 0.15) is 6.61 Å². The van der Waals surface area contributed by atoms with Crippen LogP contribution in [0.1, 0.15) is 19.8 Å². The molecule has 0 spiro atoms. The van der Waals surface area contributed by atoms with Crippen LogP contribution in [-0.4, -0.2) is 67.2 Å². The summed E-state index contributed by atoms with van der Waals surface area (Å²) in [5, 5.41) is 0. The summed E-state index contributed by atoms with van der Waals surface area (Å²) in [4.78, 5) is 37.9. The Bertz CT molecular complexity index is 390. The van der Waals surface area contributed by atoms with E-state index in [1.165, 1.54) is 0 Å². The molecule has 0 unspecified atom stereocenters. The second kappa shape index (κ2) is 6.69. The second-order valence-corrected chi connectivity index (χ2v) is 4.96. The average Bonchev–Trinajstić information content (AvgIpc) is 2.86. The van der Waals surface area contributed by atoms with E-state index in [1.807, 2.05) is 4.90 Å². The standard InChI is InChI=1S/C13H20N2O5/c1-2-19-12(17)10-3-5-14(6-4-10)9-11(16)15-7-8-20-13(15)18/h10H,2-9H2,1H3. The zero-order valence-corrected chi connectivity index (χ0v) is 11.7. The first-order valence-corrected chi connectivity index (χ1v) is 6.98. The van der Waals surface area contributed by atoms with Crippen LogP contribution in [0.3, 0.4) is 0 Å². The number of carbonyl (C=O) groups excluding carboxylic acids is 3. The van der Waals surface area contributed by atoms with Gasteiger partial charge in [0.05, 0.1) is 25.6 Å². The predicted octanol–water partition coefficient (Wildman–Crippen LogP) is 0.240. The molecule has 0 bridgehead atoms. The summed E-state index contributed by atoms with van der Waals surface area (Å²) >= 11 is 0. The highest BCUT2D eigenvalue weighted by Crippen LogP contribution is 2.19. The highest BCUT2D eigenvalue weighted by Gasteiger charge is 2.31. The van der Waals surface area contributed by atoms with Crippen LogP contribution in [0, 0.1) is 5.92 Å². The number of hydrogen-bond donors (Lipinski definition) is 0. The van der Waals surface area contributed by atoms with Gasteiger partial charge in [-0.3, -0.25) is 14.5 Å². The van der Waals surface area contributed by atoms with E-state index in [0.29, 0.717) is 39.1 Å². The van der Waals surface area contributed by atoms with Crippen LogP contribution in [0.5, 0.6) is 0 Å². The molecule has 2 fully saturated rings. The number of likely N-dealkylation sites (tertiary alicyclic amines) is 1. The third-order valence-electron chi connectivity index (χ3n) is 3.63. The number of hydrogen-bond acceptors (Lipinski definition) is 6. The maximum Gasteiger partial charge on any atom is 0.416 e. The molecule has 2 heterocycles. The van der Waals surface area contributed by atoms with Crippen molar-refractivity contribution in [3.63, 3.8) is 0 Å². The topological polar surface area (TPSA) is 76.2 Å². The molecular formula is C13H20N2O5. The van der Waals surface area contributed by atoms with E-state index >= 15 is 0 Å². The summed E-state index contributed by atoms with van der Waals surface area (Å²) in [6, 6.07) is 0. The van der Waals surface area contributed by atoms with Crippen molar-refractivity contribution in [2.24, 2.45) is 5.92 Å². The van der Waals surface area contributed by atoms with E-state index in [9.17, 15) is 14.4 Å². The van der Waals surface area contributed by atoms with Crippen LogP contribution >= 0.6 is 0 Å². The lowest BCUT2D eigenvalue weighted by atomic mass is 9.97. The molecule has 0 aromatic heterocycles. The van der Waals surface area contributed by atoms with Gasteiger partial charge >= 0.3 is 12.1 Å². The van der Waals surface area contributed by atoms with E-state index in [0.717, 1.165) is 4.90 Å². The zero-order valence-electron chi connectivity index (χ0n) is 11.7. The number of imide groups is 1. The fourth-order valence-corrected chi connectivity index (χ4v) is 2.48. The fourth-order valence-electron chi connectivity index (χ4n) is 2.48. The Kier molecular flexibility index (Phi) is 4.94. The van der Waals surface area contributed by atoms with Gasteiger partial charge in [-0.2, -0.15) is 0 Å². The van der Waals surface area contributed by atoms with Crippen molar-refractivity contribution in [1.29, 1.82) is 0 Å². The van der Waals surface area contributed by atoms with Gasteiger partial charge < -0.3 is 9.47 Å². The fraction of sp³-hybridized carbons (Fsp3) is 0.769. The van der Waals surface area contributed by atoms with E-state index in [4.69, 9.17) is 9.47 Å². The molecule has 2 saturated heterocycles. The van der Waals surface area contributed by atoms with Crippen molar-refractivity contribution in [3.05, 3.63) is 0 Å². The summed E-state index contributed by atoms with van der Waals surface area (Å²) in [7, 11) is 0. The summed E-state index contributed by atoms with van der Waals surface area (Å²) in [5.74, 6) is -0.457. The number of esters is 1. The highest BCUT2D eigenvalue weighted by atomic mass is 16.6. The molecule has 0 saturated carbocycles. The first-order valence-electron chi connectivity index (χ1n) is 6.98. The van der Waals surface area contributed by atoms with Crippen molar-refractivity contribution in [2.45, 2.75) is 19.8 Å². The van der Waals surface area contributed by atoms with Crippen LogP contribution < -0.4 is 0 Å². The SMILES string of the molecule is CCOC(=O)C1CCN(CC(=O)N2CCOC2=O)CC1. The number of cyclic esters (lactones) is 1. The third kappa shape index (κ3) is 3.47. The molecule has 0 aromatic rings. The summed E-state index contributed by atoms with van der Waals surface area (Å²) < 4.78 is 9.74. The number of amides is 2. The van der Waals surface area contributed by atoms with Crippen LogP contribution in [-0.2, 0) is 19.1 Å². The maximum absolute atomic E-state index is 11.9. The molecule has 112 valence electrons. The van der Waals surface area contributed by atoms with Gasteiger partial charge in [-0.05, 0) is 32.9 Å². The summed E-state index contributed by atoms with van der Waals surface area (Å²) in [6.45, 7) is 4.32. The van der Waals surface area contributed by atoms with Gasteiger partial charge in [-0.15, -0.1) is 0 Å². The van der Waals surface area contributed by atoms with E-state index < -0.39 is 6.09 Å². The van der Waals surface area contributed by atoms with Gasteiger partial charge in [0, 0.05) is 0 Å². The van der Waals surface area contributed by atoms with Crippen molar-refractivity contribution in [3.8, 4) is 0 Å². The Balaban J connectivity index is 1.75. The zero-order chi connectivity index (χ0) is 14.5. The molecule has 7 heteroatoms. The lowest BCUT2D eigenvalue weighted by Crippen LogP contribution is -2.44. The lowest BCUT2D eigenvalue weighted by Gasteiger charge is -2.30. The first-order chi connectivity index (χ1) is 9.61. The van der Waals surface area contributed by atoms with Crippen LogP contribution in [0.2, 0.25) is 0 Å². The van der Waals surface area contributed by atoms with Crippen molar-refractivity contribution < 1.29 is 23.9 Å². The highest BCUT2D eigenvalue weighted by molar-refractivity contribution is 5.94. The van der Waals surface area contributed by atoms with Crippen LogP contribution in [0.25, 0.3) is 0 Å². The molecule has 0 aliphatic carbocycles. The Morgan fingerprint density at radius 2 is 2.00 bits per heavy atom. The minimum atomic E-state index is -0.559. The van der Waals surface area contributed by atoms with E-state index in [1.54, 1.807) is 6.92 Å². The molecule has 2 amide bonds. The number of nitrogens with zero attached hydrogens (tertiary/aromatic N) is 2. The average molecular weight is 284 g/mol. The first kappa shape index (κ1) is 14.8. The van der Waals surface area contributed by atoms with Crippen molar-refractivity contribution in [2.75, 3.05) is 39.4 Å². The number of carbonyl (C=O) groups is 3. The molecule has 2 aliphatic heterocycles. The monoisotopic (exact) mass is 284 g/mol. The Labute approximate surface area is 117 Å². The van der Waals surface area contributed by atoms with Gasteiger partial charge in [0.2, 0.25) is 5.91 Å². The molecule has 2 rings (SSSR count). The van der Waals surface area contributed by atoms with Crippen LogP contribution in [0.4, 0.5) is 4.79 Å². The Morgan fingerprint density at radius 3 is 2.55 bits per heavy atom. The normalized spacial score (nSPS) is 20.9. The molecule has 0 N–H and O–H groups in total. The molecule has 7 nitrogen and oxygen atoms in total. The molecule has 0 aromatic carbocycles. The molecule has 2 aliphatic rings. The van der Waals surface area contributed by atoms with E-state index in [-0.39, 0.29) is 30.9 Å².